The van der Waals surface area contributed by atoms with Crippen LogP contribution in [0.3, 0.4) is 0 Å². The molecule has 0 bridgehead atoms. The van der Waals surface area contributed by atoms with Crippen molar-refractivity contribution < 1.29 is 13.2 Å². The van der Waals surface area contributed by atoms with E-state index in [9.17, 15) is 8.42 Å². The maximum absolute atomic E-state index is 11.3. The molecule has 1 saturated heterocycles. The SMILES string of the molecule is CCCS(=O)(=O)NCCC1CCCCO1. The Balaban J connectivity index is 2.14. The van der Waals surface area contributed by atoms with E-state index in [1.807, 2.05) is 6.92 Å². The average Bonchev–Trinajstić information content (AvgIpc) is 2.19. The minimum absolute atomic E-state index is 0.221. The molecule has 1 aliphatic rings. The molecule has 1 atom stereocenters. The van der Waals surface area contributed by atoms with Gasteiger partial charge in [-0.15, -0.1) is 0 Å². The van der Waals surface area contributed by atoms with Crippen molar-refractivity contribution in [2.45, 2.75) is 45.1 Å². The third kappa shape index (κ3) is 5.49. The number of hydrogen-bond donors (Lipinski definition) is 1. The van der Waals surface area contributed by atoms with E-state index in [1.54, 1.807) is 0 Å². The molecule has 1 unspecified atom stereocenters. The maximum Gasteiger partial charge on any atom is 0.211 e. The molecule has 0 amide bonds. The van der Waals surface area contributed by atoms with Gasteiger partial charge in [0.2, 0.25) is 10.0 Å². The third-order valence-electron chi connectivity index (χ3n) is 2.54. The summed E-state index contributed by atoms with van der Waals surface area (Å²) in [4.78, 5) is 0. The van der Waals surface area contributed by atoms with Crippen LogP contribution in [0.5, 0.6) is 0 Å². The lowest BCUT2D eigenvalue weighted by atomic mass is 10.1. The highest BCUT2D eigenvalue weighted by Crippen LogP contribution is 2.14. The van der Waals surface area contributed by atoms with Crippen LogP contribution in [0.2, 0.25) is 0 Å². The van der Waals surface area contributed by atoms with Gasteiger partial charge in [-0.1, -0.05) is 6.92 Å². The van der Waals surface area contributed by atoms with E-state index in [0.29, 0.717) is 13.0 Å². The number of nitrogens with one attached hydrogen (secondary N) is 1. The molecule has 1 N–H and O–H groups in total. The number of rotatable bonds is 6. The summed E-state index contributed by atoms with van der Waals surface area (Å²) in [5, 5.41) is 0. The Kier molecular flexibility index (Phi) is 5.56. The predicted octanol–water partition coefficient (Wildman–Crippen LogP) is 1.27. The first-order chi connectivity index (χ1) is 7.14. The van der Waals surface area contributed by atoms with Crippen molar-refractivity contribution in [3.05, 3.63) is 0 Å². The van der Waals surface area contributed by atoms with Gasteiger partial charge in [-0.05, 0) is 32.1 Å². The number of hydrogen-bond acceptors (Lipinski definition) is 3. The van der Waals surface area contributed by atoms with Crippen molar-refractivity contribution in [3.8, 4) is 0 Å². The van der Waals surface area contributed by atoms with Gasteiger partial charge in [0.1, 0.15) is 0 Å². The van der Waals surface area contributed by atoms with Crippen LogP contribution in [0.4, 0.5) is 0 Å². The van der Waals surface area contributed by atoms with E-state index in [0.717, 1.165) is 25.9 Å². The van der Waals surface area contributed by atoms with Gasteiger partial charge in [0, 0.05) is 13.2 Å². The Bertz CT molecular complexity index is 258. The van der Waals surface area contributed by atoms with Crippen LogP contribution in [-0.2, 0) is 14.8 Å². The molecular formula is C10H21NO3S. The molecule has 15 heavy (non-hydrogen) atoms. The first-order valence-electron chi connectivity index (χ1n) is 5.73. The van der Waals surface area contributed by atoms with Crippen molar-refractivity contribution in [2.24, 2.45) is 0 Å². The summed E-state index contributed by atoms with van der Waals surface area (Å²) < 4.78 is 30.8. The summed E-state index contributed by atoms with van der Waals surface area (Å²) in [6.45, 7) is 3.20. The van der Waals surface area contributed by atoms with E-state index in [-0.39, 0.29) is 11.9 Å². The minimum Gasteiger partial charge on any atom is -0.378 e. The van der Waals surface area contributed by atoms with Crippen LogP contribution in [0.1, 0.15) is 39.0 Å². The number of sulfonamides is 1. The van der Waals surface area contributed by atoms with Gasteiger partial charge in [-0.2, -0.15) is 0 Å². The van der Waals surface area contributed by atoms with E-state index < -0.39 is 10.0 Å². The summed E-state index contributed by atoms with van der Waals surface area (Å²) in [6.07, 6.45) is 5.11. The van der Waals surface area contributed by atoms with Gasteiger partial charge >= 0.3 is 0 Å². The van der Waals surface area contributed by atoms with Gasteiger partial charge in [0.15, 0.2) is 0 Å². The van der Waals surface area contributed by atoms with Crippen LogP contribution in [0.25, 0.3) is 0 Å². The Labute approximate surface area is 92.4 Å². The zero-order chi connectivity index (χ0) is 11.1. The first-order valence-corrected chi connectivity index (χ1v) is 7.38. The second kappa shape index (κ2) is 6.45. The predicted molar refractivity (Wildman–Crippen MR) is 60.3 cm³/mol. The molecule has 0 saturated carbocycles. The largest absolute Gasteiger partial charge is 0.378 e. The molecule has 0 aliphatic carbocycles. The van der Waals surface area contributed by atoms with Crippen molar-refractivity contribution >= 4 is 10.0 Å². The molecule has 1 rings (SSSR count). The highest BCUT2D eigenvalue weighted by molar-refractivity contribution is 7.89. The molecule has 1 fully saturated rings. The van der Waals surface area contributed by atoms with Gasteiger partial charge in [-0.25, -0.2) is 13.1 Å². The average molecular weight is 235 g/mol. The molecule has 1 heterocycles. The quantitative estimate of drug-likeness (QED) is 0.754. The van der Waals surface area contributed by atoms with E-state index >= 15 is 0 Å². The lowest BCUT2D eigenvalue weighted by molar-refractivity contribution is 0.0123. The highest BCUT2D eigenvalue weighted by Gasteiger charge is 2.14. The fraction of sp³-hybridized carbons (Fsp3) is 1.00. The molecule has 0 aromatic heterocycles. The molecule has 90 valence electrons. The van der Waals surface area contributed by atoms with Crippen LogP contribution in [0.15, 0.2) is 0 Å². The molecule has 0 radical (unpaired) electrons. The molecule has 0 aromatic rings. The zero-order valence-electron chi connectivity index (χ0n) is 9.37. The van der Waals surface area contributed by atoms with Crippen molar-refractivity contribution in [1.82, 2.24) is 4.72 Å². The van der Waals surface area contributed by atoms with E-state index in [4.69, 9.17) is 4.74 Å². The van der Waals surface area contributed by atoms with Gasteiger partial charge < -0.3 is 4.74 Å². The summed E-state index contributed by atoms with van der Waals surface area (Å²) in [5.74, 6) is 0.221. The van der Waals surface area contributed by atoms with Crippen molar-refractivity contribution in [1.29, 1.82) is 0 Å². The molecule has 0 spiro atoms. The third-order valence-corrected chi connectivity index (χ3v) is 4.12. The fourth-order valence-corrected chi connectivity index (χ4v) is 2.86. The molecule has 0 aromatic carbocycles. The monoisotopic (exact) mass is 235 g/mol. The Morgan fingerprint density at radius 3 is 2.80 bits per heavy atom. The lowest BCUT2D eigenvalue weighted by Crippen LogP contribution is -2.30. The first kappa shape index (κ1) is 12.9. The lowest BCUT2D eigenvalue weighted by Gasteiger charge is -2.22. The van der Waals surface area contributed by atoms with E-state index in [2.05, 4.69) is 4.72 Å². The minimum atomic E-state index is -3.04. The second-order valence-electron chi connectivity index (χ2n) is 3.99. The van der Waals surface area contributed by atoms with E-state index in [1.165, 1.54) is 6.42 Å². The van der Waals surface area contributed by atoms with Crippen LogP contribution >= 0.6 is 0 Å². The number of ether oxygens (including phenoxy) is 1. The normalized spacial score (nSPS) is 22.9. The van der Waals surface area contributed by atoms with Gasteiger partial charge in [0.05, 0.1) is 11.9 Å². The topological polar surface area (TPSA) is 55.4 Å². The van der Waals surface area contributed by atoms with Gasteiger partial charge in [-0.3, -0.25) is 0 Å². The zero-order valence-corrected chi connectivity index (χ0v) is 10.2. The maximum atomic E-state index is 11.3. The summed E-state index contributed by atoms with van der Waals surface area (Å²) in [6, 6.07) is 0. The van der Waals surface area contributed by atoms with Gasteiger partial charge in [0.25, 0.3) is 0 Å². The van der Waals surface area contributed by atoms with Crippen LogP contribution in [-0.4, -0.2) is 33.4 Å². The van der Waals surface area contributed by atoms with Crippen LogP contribution in [0, 0.1) is 0 Å². The smallest absolute Gasteiger partial charge is 0.211 e. The molecule has 5 heteroatoms. The molecule has 4 nitrogen and oxygen atoms in total. The summed E-state index contributed by atoms with van der Waals surface area (Å²) in [5.41, 5.74) is 0. The Hall–Kier alpha value is -0.130. The molecular weight excluding hydrogens is 214 g/mol. The Morgan fingerprint density at radius 1 is 1.40 bits per heavy atom. The standard InChI is InChI=1S/C10H21NO3S/c1-2-9-15(12,13)11-7-6-10-5-3-4-8-14-10/h10-11H,2-9H2,1H3. The molecule has 1 aliphatic heterocycles. The summed E-state index contributed by atoms with van der Waals surface area (Å²) >= 11 is 0. The second-order valence-corrected chi connectivity index (χ2v) is 5.92. The van der Waals surface area contributed by atoms with Crippen molar-refractivity contribution in [3.63, 3.8) is 0 Å². The van der Waals surface area contributed by atoms with Crippen molar-refractivity contribution in [2.75, 3.05) is 18.9 Å². The summed E-state index contributed by atoms with van der Waals surface area (Å²) in [7, 11) is -3.04. The fourth-order valence-electron chi connectivity index (χ4n) is 1.75. The van der Waals surface area contributed by atoms with Crippen LogP contribution < -0.4 is 4.72 Å². The Morgan fingerprint density at radius 2 is 2.20 bits per heavy atom. The highest BCUT2D eigenvalue weighted by atomic mass is 32.2.